The first-order valence-electron chi connectivity index (χ1n) is 15.8. The van der Waals surface area contributed by atoms with Crippen LogP contribution < -0.4 is 19.9 Å². The van der Waals surface area contributed by atoms with E-state index in [1.807, 2.05) is 13.1 Å². The second kappa shape index (κ2) is 15.2. The Morgan fingerprint density at radius 3 is 2.10 bits per heavy atom. The number of para-hydroxylation sites is 1. The lowest BCUT2D eigenvalue weighted by Crippen LogP contribution is -2.65. The number of hydrogen-bond acceptors (Lipinski definition) is 10. The molecule has 0 fully saturated rings. The smallest absolute Gasteiger partial charge is 0.335 e. The minimum absolute atomic E-state index is 0.0440. The number of primary amides is 1. The third-order valence-electron chi connectivity index (χ3n) is 9.22. The predicted octanol–water partition coefficient (Wildman–Crippen LogP) is 5.92. The highest BCUT2D eigenvalue weighted by atomic mass is 32.2. The SMILES string of the molecule is COc1cc(-c2cc(C[N+](CCO[Si](C)(C)C(C)(C)C)(C(C(N)=O)C(C)C)S(=O)(=O)c3ccccc3[N+](=O)[O-])ccn2)cc(OC)c1OC. The normalized spacial score (nSPS) is 14.2. The Bertz CT molecular complexity index is 1750. The summed E-state index contributed by atoms with van der Waals surface area (Å²) < 4.78 is 52.3. The first-order chi connectivity index (χ1) is 22.8. The van der Waals surface area contributed by atoms with E-state index in [1.54, 1.807) is 38.1 Å². The van der Waals surface area contributed by atoms with Crippen molar-refractivity contribution in [2.24, 2.45) is 11.7 Å². The van der Waals surface area contributed by atoms with Crippen LogP contribution in [-0.4, -0.2) is 77.0 Å². The van der Waals surface area contributed by atoms with Crippen LogP contribution in [0.25, 0.3) is 11.3 Å². The van der Waals surface area contributed by atoms with Crippen LogP contribution in [0.1, 0.15) is 40.2 Å². The summed E-state index contributed by atoms with van der Waals surface area (Å²) in [7, 11) is -2.66. The highest BCUT2D eigenvalue weighted by Gasteiger charge is 2.55. The maximum atomic E-state index is 15.1. The Morgan fingerprint density at radius 2 is 1.61 bits per heavy atom. The number of amides is 1. The molecule has 0 aliphatic heterocycles. The topological polar surface area (TPSA) is 170 Å². The Balaban J connectivity index is 2.36. The van der Waals surface area contributed by atoms with Crippen LogP contribution in [0, 0.1) is 16.0 Å². The summed E-state index contributed by atoms with van der Waals surface area (Å²) in [6, 6.07) is 10.6. The van der Waals surface area contributed by atoms with E-state index in [0.29, 0.717) is 34.1 Å². The van der Waals surface area contributed by atoms with Crippen molar-refractivity contribution < 1.29 is 40.7 Å². The van der Waals surface area contributed by atoms with Gasteiger partial charge in [-0.25, -0.2) is 0 Å². The molecule has 0 radical (unpaired) electrons. The van der Waals surface area contributed by atoms with Gasteiger partial charge in [0.1, 0.15) is 13.1 Å². The number of sulfonamides is 1. The highest BCUT2D eigenvalue weighted by molar-refractivity contribution is 7.86. The molecule has 0 saturated carbocycles. The number of nitro benzene ring substituents is 1. The van der Waals surface area contributed by atoms with Gasteiger partial charge in [-0.15, -0.1) is 0 Å². The molecule has 0 spiro atoms. The van der Waals surface area contributed by atoms with E-state index in [-0.39, 0.29) is 24.7 Å². The van der Waals surface area contributed by atoms with Crippen molar-refractivity contribution in [2.45, 2.75) is 70.2 Å². The summed E-state index contributed by atoms with van der Waals surface area (Å²) >= 11 is 0. The summed E-state index contributed by atoms with van der Waals surface area (Å²) in [5.74, 6) is -0.268. The molecule has 2 aromatic carbocycles. The summed E-state index contributed by atoms with van der Waals surface area (Å²) in [6.45, 7) is 13.2. The van der Waals surface area contributed by atoms with Crippen LogP contribution in [0.4, 0.5) is 5.69 Å². The average molecular weight is 718 g/mol. The lowest BCUT2D eigenvalue weighted by atomic mass is 10.0. The molecule has 0 bridgehead atoms. The molecule has 2 N–H and O–H groups in total. The maximum Gasteiger partial charge on any atom is 0.335 e. The Kier molecular flexibility index (Phi) is 12.2. The highest BCUT2D eigenvalue weighted by Crippen LogP contribution is 2.42. The molecule has 3 rings (SSSR count). The summed E-state index contributed by atoms with van der Waals surface area (Å²) in [6.07, 6.45) is 1.53. The number of nitro groups is 1. The molecule has 0 saturated heterocycles. The van der Waals surface area contributed by atoms with E-state index in [4.69, 9.17) is 24.4 Å². The molecule has 1 heterocycles. The van der Waals surface area contributed by atoms with Crippen LogP contribution in [0.3, 0.4) is 0 Å². The van der Waals surface area contributed by atoms with E-state index < -0.39 is 55.6 Å². The summed E-state index contributed by atoms with van der Waals surface area (Å²) in [5, 5.41) is 12.0. The van der Waals surface area contributed by atoms with Crippen LogP contribution >= 0.6 is 0 Å². The molecule has 49 heavy (non-hydrogen) atoms. The predicted molar refractivity (Wildman–Crippen MR) is 189 cm³/mol. The van der Waals surface area contributed by atoms with Gasteiger partial charge in [-0.3, -0.25) is 19.9 Å². The zero-order valence-corrected chi connectivity index (χ0v) is 31.8. The fourth-order valence-electron chi connectivity index (χ4n) is 5.74. The van der Waals surface area contributed by atoms with Crippen molar-refractivity contribution in [3.8, 4) is 28.5 Å². The molecule has 1 amide bonds. The molecule has 268 valence electrons. The number of nitrogens with zero attached hydrogens (tertiary/aromatic N) is 3. The van der Waals surface area contributed by atoms with Gasteiger partial charge in [0, 0.05) is 29.3 Å². The molecule has 1 aromatic heterocycles. The van der Waals surface area contributed by atoms with Gasteiger partial charge in [-0.2, -0.15) is 12.3 Å². The van der Waals surface area contributed by atoms with Crippen LogP contribution in [0.2, 0.25) is 18.1 Å². The largest absolute Gasteiger partial charge is 0.493 e. The van der Waals surface area contributed by atoms with Crippen LogP contribution in [0.5, 0.6) is 17.2 Å². The van der Waals surface area contributed by atoms with E-state index in [9.17, 15) is 14.9 Å². The maximum absolute atomic E-state index is 15.1. The zero-order valence-electron chi connectivity index (χ0n) is 30.0. The fraction of sp³-hybridized carbons (Fsp3) is 0.471. The van der Waals surface area contributed by atoms with E-state index in [0.717, 1.165) is 6.07 Å². The van der Waals surface area contributed by atoms with E-state index in [2.05, 4.69) is 25.8 Å². The molecular weight excluding hydrogens is 669 g/mol. The van der Waals surface area contributed by atoms with Gasteiger partial charge >= 0.3 is 10.0 Å². The number of quaternary nitrogens is 1. The van der Waals surface area contributed by atoms with Crippen molar-refractivity contribution in [3.05, 3.63) is 70.4 Å². The molecule has 15 heteroatoms. The standard InChI is InChI=1S/C34H48N4O9SSi/c1-23(2)31(33(35)39)38(17-18-47-49(9,10)34(3,4)5,48(42,43)30-14-12-11-13-27(30)37(40)41)22-24-15-16-36-26(19-24)25-20-28(44-6)32(46-8)29(21-25)45-7/h11-16,19-21,23,31H,17-18,22H2,1-10H3,(H-,35,39)/p+1. The molecule has 2 unspecified atom stereocenters. The fourth-order valence-corrected chi connectivity index (χ4v) is 9.10. The number of carbonyl (C=O) groups excluding carboxylic acids is 1. The molecule has 0 aliphatic carbocycles. The second-order valence-electron chi connectivity index (χ2n) is 13.7. The average Bonchev–Trinajstić information content (AvgIpc) is 3.02. The Hall–Kier alpha value is -4.05. The van der Waals surface area contributed by atoms with Gasteiger partial charge in [-0.1, -0.05) is 46.8 Å². The van der Waals surface area contributed by atoms with Crippen molar-refractivity contribution in [1.82, 2.24) is 4.98 Å². The first-order valence-corrected chi connectivity index (χ1v) is 20.2. The Labute approximate surface area is 290 Å². The van der Waals surface area contributed by atoms with Gasteiger partial charge < -0.3 is 24.4 Å². The van der Waals surface area contributed by atoms with Crippen molar-refractivity contribution >= 4 is 29.9 Å². The van der Waals surface area contributed by atoms with Crippen molar-refractivity contribution in [3.63, 3.8) is 0 Å². The monoisotopic (exact) mass is 717 g/mol. The summed E-state index contributed by atoms with van der Waals surface area (Å²) in [4.78, 5) is 28.9. The van der Waals surface area contributed by atoms with Crippen molar-refractivity contribution in [1.29, 1.82) is 0 Å². The van der Waals surface area contributed by atoms with Gasteiger partial charge in [0.15, 0.2) is 30.8 Å². The number of benzene rings is 2. The molecule has 3 aromatic rings. The minimum atomic E-state index is -4.73. The Morgan fingerprint density at radius 1 is 1.02 bits per heavy atom. The number of hydrogen-bond donors (Lipinski definition) is 1. The number of ether oxygens (including phenoxy) is 3. The molecule has 0 aliphatic rings. The van der Waals surface area contributed by atoms with Crippen LogP contribution in [-0.2, 0) is 25.8 Å². The van der Waals surface area contributed by atoms with E-state index in [1.165, 1.54) is 45.7 Å². The molecular formula is C34H49N4O9SSi+. The number of pyridine rings is 1. The van der Waals surface area contributed by atoms with Gasteiger partial charge in [0.25, 0.3) is 11.6 Å². The molecule has 2 atom stereocenters. The third-order valence-corrected chi connectivity index (χ3v) is 16.2. The van der Waals surface area contributed by atoms with Gasteiger partial charge in [0.05, 0.1) is 38.6 Å². The zero-order chi connectivity index (χ0) is 36.9. The number of carbonyl (C=O) groups is 1. The van der Waals surface area contributed by atoms with Crippen molar-refractivity contribution in [2.75, 3.05) is 34.5 Å². The second-order valence-corrected chi connectivity index (χ2v) is 20.6. The third kappa shape index (κ3) is 8.06. The number of rotatable bonds is 16. The minimum Gasteiger partial charge on any atom is -0.493 e. The number of aromatic nitrogens is 1. The van der Waals surface area contributed by atoms with Crippen LogP contribution in [0.15, 0.2) is 59.6 Å². The first kappa shape index (κ1) is 39.4. The molecule has 13 nitrogen and oxygen atoms in total. The van der Waals surface area contributed by atoms with Gasteiger partial charge in [0.2, 0.25) is 5.75 Å². The van der Waals surface area contributed by atoms with E-state index >= 15 is 8.42 Å². The summed E-state index contributed by atoms with van der Waals surface area (Å²) in [5.41, 5.74) is 6.98. The number of nitrogens with two attached hydrogens (primary N) is 1. The van der Waals surface area contributed by atoms with Gasteiger partial charge in [-0.05, 0) is 48.5 Å². The quantitative estimate of drug-likeness (QED) is 0.0812. The lowest BCUT2D eigenvalue weighted by Gasteiger charge is -2.44. The number of methoxy groups -OCH3 is 3. The lowest BCUT2D eigenvalue weighted by molar-refractivity contribution is -0.841.